The number of Topliss-reactive ketones (excluding diaryl/α,β-unsaturated/α-hetero) is 1. The average Bonchev–Trinajstić information content (AvgIpc) is 3.28. The van der Waals surface area contributed by atoms with Gasteiger partial charge in [-0.05, 0) is 62.1 Å². The van der Waals surface area contributed by atoms with Crippen molar-refractivity contribution in [2.75, 3.05) is 24.5 Å². The second-order valence-corrected chi connectivity index (χ2v) is 10.6. The van der Waals surface area contributed by atoms with E-state index in [1.54, 1.807) is 60.4 Å². The summed E-state index contributed by atoms with van der Waals surface area (Å²) in [5, 5.41) is 0. The van der Waals surface area contributed by atoms with Gasteiger partial charge in [-0.3, -0.25) is 14.4 Å². The highest BCUT2D eigenvalue weighted by Crippen LogP contribution is 2.30. The number of esters is 1. The van der Waals surface area contributed by atoms with Gasteiger partial charge in [0.2, 0.25) is 21.7 Å². The summed E-state index contributed by atoms with van der Waals surface area (Å²) >= 11 is 0. The molecule has 9 heteroatoms. The summed E-state index contributed by atoms with van der Waals surface area (Å²) in [6, 6.07) is 13.4. The molecule has 1 amide bonds. The second kappa shape index (κ2) is 9.68. The molecule has 34 heavy (non-hydrogen) atoms. The summed E-state index contributed by atoms with van der Waals surface area (Å²) in [7, 11) is -3.60. The van der Waals surface area contributed by atoms with Crippen molar-refractivity contribution in [3.8, 4) is 0 Å². The van der Waals surface area contributed by atoms with Crippen molar-refractivity contribution < 1.29 is 27.5 Å². The van der Waals surface area contributed by atoms with Crippen LogP contribution in [-0.2, 0) is 30.8 Å². The van der Waals surface area contributed by atoms with Crippen molar-refractivity contribution in [3.05, 3.63) is 59.7 Å². The Balaban J connectivity index is 1.34. The zero-order chi connectivity index (χ0) is 24.5. The predicted molar refractivity (Wildman–Crippen MR) is 126 cm³/mol. The standard InChI is InChI=1S/C25H28N2O6S/c1-17(24(29)21-8-9-23-20(16-21)12-15-27(23)18(2)28)33-25(30)19-10-13-26(14-11-19)34(31,32)22-6-4-3-5-7-22/h3-9,16-17,19H,10-15H2,1-2H3/t17-/m0/s1. The molecule has 180 valence electrons. The third kappa shape index (κ3) is 4.76. The van der Waals surface area contributed by atoms with Gasteiger partial charge in [0.15, 0.2) is 6.10 Å². The number of nitrogens with zero attached hydrogens (tertiary/aromatic N) is 2. The van der Waals surface area contributed by atoms with Crippen LogP contribution in [0.2, 0.25) is 0 Å². The van der Waals surface area contributed by atoms with E-state index in [2.05, 4.69) is 0 Å². The van der Waals surface area contributed by atoms with Crippen LogP contribution in [0.1, 0.15) is 42.6 Å². The van der Waals surface area contributed by atoms with E-state index in [1.165, 1.54) is 11.2 Å². The molecule has 2 aromatic rings. The topological polar surface area (TPSA) is 101 Å². The fraction of sp³-hybridized carbons (Fsp3) is 0.400. The van der Waals surface area contributed by atoms with Crippen LogP contribution in [0, 0.1) is 5.92 Å². The first-order valence-electron chi connectivity index (χ1n) is 11.4. The van der Waals surface area contributed by atoms with E-state index in [9.17, 15) is 22.8 Å². The van der Waals surface area contributed by atoms with Crippen molar-refractivity contribution in [3.63, 3.8) is 0 Å². The van der Waals surface area contributed by atoms with Gasteiger partial charge < -0.3 is 9.64 Å². The lowest BCUT2D eigenvalue weighted by atomic mass is 9.98. The third-order valence-corrected chi connectivity index (χ3v) is 8.38. The number of sulfonamides is 1. The summed E-state index contributed by atoms with van der Waals surface area (Å²) in [4.78, 5) is 39.2. The second-order valence-electron chi connectivity index (χ2n) is 8.70. The van der Waals surface area contributed by atoms with Gasteiger partial charge in [0.25, 0.3) is 0 Å². The van der Waals surface area contributed by atoms with Gasteiger partial charge in [-0.15, -0.1) is 0 Å². The van der Waals surface area contributed by atoms with E-state index in [0.29, 0.717) is 31.4 Å². The molecule has 1 atom stereocenters. The summed E-state index contributed by atoms with van der Waals surface area (Å²) in [6.45, 7) is 4.08. The summed E-state index contributed by atoms with van der Waals surface area (Å²) < 4.78 is 32.4. The largest absolute Gasteiger partial charge is 0.454 e. The zero-order valence-electron chi connectivity index (χ0n) is 19.3. The number of ketones is 1. The summed E-state index contributed by atoms with van der Waals surface area (Å²) in [5.74, 6) is -1.28. The number of hydrogen-bond acceptors (Lipinski definition) is 6. The number of ether oxygens (including phenoxy) is 1. The van der Waals surface area contributed by atoms with Gasteiger partial charge >= 0.3 is 5.97 Å². The number of anilines is 1. The number of rotatable bonds is 6. The van der Waals surface area contributed by atoms with Crippen LogP contribution in [0.4, 0.5) is 5.69 Å². The molecule has 0 unspecified atom stereocenters. The van der Waals surface area contributed by atoms with E-state index in [4.69, 9.17) is 4.74 Å². The number of benzene rings is 2. The maximum absolute atomic E-state index is 12.9. The molecule has 2 heterocycles. The first-order valence-corrected chi connectivity index (χ1v) is 12.8. The fourth-order valence-electron chi connectivity index (χ4n) is 4.51. The molecule has 2 aromatic carbocycles. The number of hydrogen-bond donors (Lipinski definition) is 0. The van der Waals surface area contributed by atoms with Crippen LogP contribution in [0.25, 0.3) is 0 Å². The molecule has 1 fully saturated rings. The lowest BCUT2D eigenvalue weighted by Gasteiger charge is -2.30. The van der Waals surface area contributed by atoms with E-state index in [-0.39, 0.29) is 29.7 Å². The van der Waals surface area contributed by atoms with E-state index in [0.717, 1.165) is 11.3 Å². The highest BCUT2D eigenvalue weighted by atomic mass is 32.2. The molecular formula is C25H28N2O6S. The van der Waals surface area contributed by atoms with Gasteiger partial charge in [0.05, 0.1) is 10.8 Å². The lowest BCUT2D eigenvalue weighted by molar-refractivity contribution is -0.152. The number of amides is 1. The Labute approximate surface area is 199 Å². The molecule has 0 aromatic heterocycles. The van der Waals surface area contributed by atoms with Gasteiger partial charge in [-0.2, -0.15) is 4.31 Å². The maximum Gasteiger partial charge on any atom is 0.309 e. The number of piperidine rings is 1. The van der Waals surface area contributed by atoms with E-state index >= 15 is 0 Å². The van der Waals surface area contributed by atoms with Crippen LogP contribution in [-0.4, -0.2) is 56.1 Å². The Kier molecular flexibility index (Phi) is 6.86. The first kappa shape index (κ1) is 24.1. The van der Waals surface area contributed by atoms with Crippen molar-refractivity contribution >= 4 is 33.4 Å². The monoisotopic (exact) mass is 484 g/mol. The highest BCUT2D eigenvalue weighted by Gasteiger charge is 2.34. The minimum Gasteiger partial charge on any atom is -0.454 e. The Morgan fingerprint density at radius 2 is 1.68 bits per heavy atom. The normalized spacial score (nSPS) is 17.8. The van der Waals surface area contributed by atoms with Crippen LogP contribution in [0.3, 0.4) is 0 Å². The third-order valence-electron chi connectivity index (χ3n) is 6.47. The average molecular weight is 485 g/mol. The van der Waals surface area contributed by atoms with Crippen molar-refractivity contribution in [1.29, 1.82) is 0 Å². The molecule has 4 rings (SSSR count). The van der Waals surface area contributed by atoms with Crippen LogP contribution >= 0.6 is 0 Å². The van der Waals surface area contributed by atoms with Crippen LogP contribution in [0.15, 0.2) is 53.4 Å². The number of carbonyl (C=O) groups excluding carboxylic acids is 3. The Morgan fingerprint density at radius 3 is 2.32 bits per heavy atom. The quantitative estimate of drug-likeness (QED) is 0.462. The number of fused-ring (bicyclic) bond motifs is 1. The Hall–Kier alpha value is -3.04. The Bertz CT molecular complexity index is 1200. The molecule has 0 bridgehead atoms. The highest BCUT2D eigenvalue weighted by molar-refractivity contribution is 7.89. The van der Waals surface area contributed by atoms with Crippen LogP contribution in [0.5, 0.6) is 0 Å². The number of carbonyl (C=O) groups is 3. The first-order chi connectivity index (χ1) is 16.2. The minimum absolute atomic E-state index is 0.0391. The van der Waals surface area contributed by atoms with Gasteiger partial charge in [-0.1, -0.05) is 18.2 Å². The maximum atomic E-state index is 12.9. The smallest absolute Gasteiger partial charge is 0.309 e. The summed E-state index contributed by atoms with van der Waals surface area (Å²) in [5.41, 5.74) is 2.17. The van der Waals surface area contributed by atoms with E-state index in [1.807, 2.05) is 0 Å². The molecule has 0 aliphatic carbocycles. The Morgan fingerprint density at radius 1 is 1.00 bits per heavy atom. The lowest BCUT2D eigenvalue weighted by Crippen LogP contribution is -2.41. The molecule has 2 aliphatic rings. The van der Waals surface area contributed by atoms with Crippen LogP contribution < -0.4 is 4.90 Å². The fourth-order valence-corrected chi connectivity index (χ4v) is 6.00. The summed E-state index contributed by atoms with van der Waals surface area (Å²) in [6.07, 6.45) is 0.396. The van der Waals surface area contributed by atoms with Gasteiger partial charge in [0.1, 0.15) is 0 Å². The molecule has 0 radical (unpaired) electrons. The molecule has 8 nitrogen and oxygen atoms in total. The molecular weight excluding hydrogens is 456 g/mol. The molecule has 0 spiro atoms. The predicted octanol–water partition coefficient (Wildman–Crippen LogP) is 2.81. The van der Waals surface area contributed by atoms with Gasteiger partial charge in [0, 0.05) is 37.8 Å². The zero-order valence-corrected chi connectivity index (χ0v) is 20.1. The SMILES string of the molecule is CC(=O)N1CCc2cc(C(=O)[C@H](C)OC(=O)C3CCN(S(=O)(=O)c4ccccc4)CC3)ccc21. The molecule has 0 saturated carbocycles. The molecule has 0 N–H and O–H groups in total. The van der Waals surface area contributed by atoms with Gasteiger partial charge in [-0.25, -0.2) is 8.42 Å². The molecule has 1 saturated heterocycles. The van der Waals surface area contributed by atoms with Crippen molar-refractivity contribution in [2.45, 2.75) is 44.1 Å². The minimum atomic E-state index is -3.60. The molecule has 2 aliphatic heterocycles. The van der Waals surface area contributed by atoms with Crippen molar-refractivity contribution in [2.24, 2.45) is 5.92 Å². The van der Waals surface area contributed by atoms with Crippen molar-refractivity contribution in [1.82, 2.24) is 4.31 Å². The van der Waals surface area contributed by atoms with E-state index < -0.39 is 28.0 Å².